The van der Waals surface area contributed by atoms with Crippen LogP contribution in [0.2, 0.25) is 0 Å². The number of hydrogen-bond donors (Lipinski definition) is 2. The highest BCUT2D eigenvalue weighted by Crippen LogP contribution is 2.63. The van der Waals surface area contributed by atoms with Gasteiger partial charge in [-0.1, -0.05) is 13.5 Å². The molecule has 2 rings (SSSR count). The van der Waals surface area contributed by atoms with Crippen LogP contribution in [0.15, 0.2) is 12.2 Å². The molecule has 0 unspecified atom stereocenters. The third-order valence-electron chi connectivity index (χ3n) is 5.62. The van der Waals surface area contributed by atoms with Crippen LogP contribution in [0.1, 0.15) is 46.0 Å². The van der Waals surface area contributed by atoms with Crippen LogP contribution in [0.25, 0.3) is 0 Å². The molecule has 0 aliphatic heterocycles. The fourth-order valence-corrected chi connectivity index (χ4v) is 4.32. The third kappa shape index (κ3) is 1.84. The Morgan fingerprint density at radius 2 is 1.84 bits per heavy atom. The summed E-state index contributed by atoms with van der Waals surface area (Å²) in [7, 11) is 0. The number of ketones is 1. The minimum Gasteiger partial charge on any atom is -0.478 e. The lowest BCUT2D eigenvalue weighted by Crippen LogP contribution is -2.52. The van der Waals surface area contributed by atoms with E-state index in [2.05, 4.69) is 13.5 Å². The molecule has 4 atom stereocenters. The van der Waals surface area contributed by atoms with Crippen LogP contribution in [0.4, 0.5) is 0 Å². The molecule has 0 bridgehead atoms. The first kappa shape index (κ1) is 14.3. The van der Waals surface area contributed by atoms with E-state index in [9.17, 15) is 14.7 Å². The number of hydrogen-bond acceptors (Lipinski definition) is 3. The van der Waals surface area contributed by atoms with Crippen LogP contribution in [-0.2, 0) is 9.59 Å². The third-order valence-corrected chi connectivity index (χ3v) is 5.62. The Balaban J connectivity index is 2.37. The molecular weight excluding hydrogens is 244 g/mol. The molecule has 2 aliphatic rings. The molecule has 0 aromatic rings. The van der Waals surface area contributed by atoms with Crippen molar-refractivity contribution in [1.29, 1.82) is 0 Å². The Kier molecular flexibility index (Phi) is 3.33. The van der Waals surface area contributed by atoms with E-state index in [1.807, 2.05) is 0 Å². The van der Waals surface area contributed by atoms with Crippen molar-refractivity contribution in [1.82, 2.24) is 0 Å². The summed E-state index contributed by atoms with van der Waals surface area (Å²) in [4.78, 5) is 23.3. The zero-order chi connectivity index (χ0) is 14.4. The van der Waals surface area contributed by atoms with Gasteiger partial charge in [0.2, 0.25) is 0 Å². The summed E-state index contributed by atoms with van der Waals surface area (Å²) in [5.41, 5.74) is -0.816. The van der Waals surface area contributed by atoms with Crippen molar-refractivity contribution in [2.24, 2.45) is 16.7 Å². The number of aliphatic carboxylic acids is 1. The van der Waals surface area contributed by atoms with Crippen molar-refractivity contribution >= 4 is 11.8 Å². The summed E-state index contributed by atoms with van der Waals surface area (Å²) in [5, 5.41) is 19.4. The molecule has 0 heterocycles. The first-order chi connectivity index (χ1) is 8.74. The van der Waals surface area contributed by atoms with Crippen LogP contribution in [-0.4, -0.2) is 28.1 Å². The normalized spacial score (nSPS) is 41.6. The molecule has 0 radical (unpaired) electrons. The van der Waals surface area contributed by atoms with E-state index in [-0.39, 0.29) is 22.7 Å². The van der Waals surface area contributed by atoms with E-state index >= 15 is 0 Å². The fraction of sp³-hybridized carbons (Fsp3) is 0.733. The summed E-state index contributed by atoms with van der Waals surface area (Å²) >= 11 is 0. The smallest absolute Gasteiger partial charge is 0.331 e. The largest absolute Gasteiger partial charge is 0.478 e. The van der Waals surface area contributed by atoms with Crippen molar-refractivity contribution in [3.8, 4) is 0 Å². The Labute approximate surface area is 113 Å². The average Bonchev–Trinajstić information content (AvgIpc) is 2.61. The van der Waals surface area contributed by atoms with Gasteiger partial charge in [-0.15, -0.1) is 0 Å². The molecule has 106 valence electrons. The molecule has 0 aromatic carbocycles. The molecule has 4 heteroatoms. The Bertz CT molecular complexity index is 441. The number of aliphatic hydroxyl groups is 1. The van der Waals surface area contributed by atoms with Crippen molar-refractivity contribution < 1.29 is 19.8 Å². The van der Waals surface area contributed by atoms with Gasteiger partial charge in [0.25, 0.3) is 0 Å². The van der Waals surface area contributed by atoms with E-state index in [4.69, 9.17) is 5.11 Å². The molecule has 2 N–H and O–H groups in total. The number of aliphatic hydroxyl groups excluding tert-OH is 1. The van der Waals surface area contributed by atoms with Crippen molar-refractivity contribution in [2.75, 3.05) is 0 Å². The highest BCUT2D eigenvalue weighted by atomic mass is 16.4. The summed E-state index contributed by atoms with van der Waals surface area (Å²) in [6, 6.07) is 0. The van der Waals surface area contributed by atoms with Crippen LogP contribution in [0.3, 0.4) is 0 Å². The maximum atomic E-state index is 12.2. The van der Waals surface area contributed by atoms with Crippen LogP contribution >= 0.6 is 0 Å². The Morgan fingerprint density at radius 1 is 1.26 bits per heavy atom. The number of rotatable bonds is 3. The van der Waals surface area contributed by atoms with E-state index in [0.717, 1.165) is 19.3 Å². The SMILES string of the molecule is C=C(C(=O)O)[C@@H]1CC[C@@]2(C)CC[C@H](O)[C@@]2(C(C)=O)C1. The molecule has 2 saturated carbocycles. The molecule has 2 fully saturated rings. The molecule has 0 aromatic heterocycles. The molecular formula is C15H22O4. The maximum Gasteiger partial charge on any atom is 0.331 e. The van der Waals surface area contributed by atoms with Crippen LogP contribution < -0.4 is 0 Å². The monoisotopic (exact) mass is 266 g/mol. The molecule has 2 aliphatic carbocycles. The van der Waals surface area contributed by atoms with Gasteiger partial charge in [-0.2, -0.15) is 0 Å². The summed E-state index contributed by atoms with van der Waals surface area (Å²) in [6.45, 7) is 7.22. The van der Waals surface area contributed by atoms with Crippen LogP contribution in [0.5, 0.6) is 0 Å². The zero-order valence-corrected chi connectivity index (χ0v) is 11.6. The lowest BCUT2D eigenvalue weighted by Gasteiger charge is -2.50. The molecule has 4 nitrogen and oxygen atoms in total. The van der Waals surface area contributed by atoms with Crippen LogP contribution in [0, 0.1) is 16.7 Å². The summed E-state index contributed by atoms with van der Waals surface area (Å²) in [6.07, 6.45) is 2.75. The van der Waals surface area contributed by atoms with Gasteiger partial charge >= 0.3 is 5.97 Å². The van der Waals surface area contributed by atoms with Gasteiger partial charge in [0, 0.05) is 5.57 Å². The Hall–Kier alpha value is -1.16. The standard InChI is InChI=1S/C15H22O4/c1-9(13(18)19)11-4-6-14(3)7-5-12(17)15(14,8-11)10(2)16/h11-12,17H,1,4-8H2,2-3H3,(H,18,19)/t11-,12+,14+,15+/m1/s1. The van der Waals surface area contributed by atoms with Gasteiger partial charge in [0.1, 0.15) is 5.78 Å². The molecule has 0 spiro atoms. The predicted octanol–water partition coefficient (Wildman–Crippen LogP) is 2.16. The average molecular weight is 266 g/mol. The van der Waals surface area contributed by atoms with E-state index < -0.39 is 17.5 Å². The first-order valence-corrected chi connectivity index (χ1v) is 6.86. The van der Waals surface area contributed by atoms with E-state index in [0.29, 0.717) is 12.8 Å². The van der Waals surface area contributed by atoms with Gasteiger partial charge in [-0.05, 0) is 50.4 Å². The molecule has 0 saturated heterocycles. The molecule has 19 heavy (non-hydrogen) atoms. The number of Topliss-reactive ketones (excluding diaryl/α,β-unsaturated/α-hetero) is 1. The first-order valence-electron chi connectivity index (χ1n) is 6.86. The summed E-state index contributed by atoms with van der Waals surface area (Å²) in [5.74, 6) is -1.22. The minimum absolute atomic E-state index is 0.0112. The molecule has 0 amide bonds. The van der Waals surface area contributed by atoms with E-state index in [1.165, 1.54) is 6.92 Å². The second-order valence-corrected chi connectivity index (χ2v) is 6.41. The van der Waals surface area contributed by atoms with Gasteiger partial charge in [-0.25, -0.2) is 4.79 Å². The predicted molar refractivity (Wildman–Crippen MR) is 70.6 cm³/mol. The number of carboxylic acid groups (broad SMARTS) is 1. The summed E-state index contributed by atoms with van der Waals surface area (Å²) < 4.78 is 0. The van der Waals surface area contributed by atoms with Gasteiger partial charge < -0.3 is 10.2 Å². The lowest BCUT2D eigenvalue weighted by molar-refractivity contribution is -0.148. The Morgan fingerprint density at radius 3 is 2.37 bits per heavy atom. The number of fused-ring (bicyclic) bond motifs is 1. The quantitative estimate of drug-likeness (QED) is 0.768. The number of carbonyl (C=O) groups excluding carboxylic acids is 1. The van der Waals surface area contributed by atoms with Crippen molar-refractivity contribution in [3.05, 3.63) is 12.2 Å². The number of carboxylic acids is 1. The number of carbonyl (C=O) groups is 2. The second kappa shape index (κ2) is 4.44. The topological polar surface area (TPSA) is 74.6 Å². The van der Waals surface area contributed by atoms with Gasteiger partial charge in [0.15, 0.2) is 0 Å². The van der Waals surface area contributed by atoms with Crippen molar-refractivity contribution in [3.63, 3.8) is 0 Å². The maximum absolute atomic E-state index is 12.2. The van der Waals surface area contributed by atoms with E-state index in [1.54, 1.807) is 0 Å². The fourth-order valence-electron chi connectivity index (χ4n) is 4.32. The van der Waals surface area contributed by atoms with Gasteiger partial charge in [-0.3, -0.25) is 4.79 Å². The highest BCUT2D eigenvalue weighted by molar-refractivity contribution is 5.88. The zero-order valence-electron chi connectivity index (χ0n) is 11.6. The highest BCUT2D eigenvalue weighted by Gasteiger charge is 2.62. The van der Waals surface area contributed by atoms with Crippen molar-refractivity contribution in [2.45, 2.75) is 52.1 Å². The van der Waals surface area contributed by atoms with Gasteiger partial charge in [0.05, 0.1) is 11.5 Å². The minimum atomic E-state index is -1.00. The lowest BCUT2D eigenvalue weighted by atomic mass is 9.53. The second-order valence-electron chi connectivity index (χ2n) is 6.41.